The summed E-state index contributed by atoms with van der Waals surface area (Å²) < 4.78 is 16.2. The number of hydrogen-bond acceptors (Lipinski definition) is 6. The van der Waals surface area contributed by atoms with Gasteiger partial charge < -0.3 is 14.2 Å². The molecule has 0 spiro atoms. The van der Waals surface area contributed by atoms with E-state index in [1.807, 2.05) is 42.5 Å². The molecule has 0 atom stereocenters. The van der Waals surface area contributed by atoms with Gasteiger partial charge in [0.25, 0.3) is 0 Å². The Balaban J connectivity index is 1.50. The average Bonchev–Trinajstić information content (AvgIpc) is 2.83. The second kappa shape index (κ2) is 11.2. The summed E-state index contributed by atoms with van der Waals surface area (Å²) in [6, 6.07) is 22.1. The molecular formula is C25H23N3O4. The van der Waals surface area contributed by atoms with Crippen LogP contribution >= 0.6 is 0 Å². The summed E-state index contributed by atoms with van der Waals surface area (Å²) in [5.74, 6) is 1.60. The summed E-state index contributed by atoms with van der Waals surface area (Å²) in [7, 11) is 3.11. The van der Waals surface area contributed by atoms with Gasteiger partial charge in [0.2, 0.25) is 5.91 Å². The monoisotopic (exact) mass is 429 g/mol. The predicted molar refractivity (Wildman–Crippen MR) is 121 cm³/mol. The number of methoxy groups -OCH3 is 2. The summed E-state index contributed by atoms with van der Waals surface area (Å²) in [6.45, 7) is 0.309. The van der Waals surface area contributed by atoms with Gasteiger partial charge in [-0.1, -0.05) is 24.3 Å². The molecule has 32 heavy (non-hydrogen) atoms. The maximum absolute atomic E-state index is 12.1. The van der Waals surface area contributed by atoms with Crippen LogP contribution in [-0.4, -0.2) is 26.3 Å². The highest BCUT2D eigenvalue weighted by Gasteiger charge is 2.08. The van der Waals surface area contributed by atoms with Gasteiger partial charge in [0.1, 0.15) is 12.4 Å². The molecule has 0 heterocycles. The first kappa shape index (κ1) is 22.4. The van der Waals surface area contributed by atoms with Gasteiger partial charge >= 0.3 is 0 Å². The maximum atomic E-state index is 12.1. The molecule has 0 aliphatic carbocycles. The minimum absolute atomic E-state index is 0.161. The maximum Gasteiger partial charge on any atom is 0.244 e. The molecule has 1 amide bonds. The van der Waals surface area contributed by atoms with Crippen LogP contribution in [0.5, 0.6) is 17.2 Å². The zero-order valence-electron chi connectivity index (χ0n) is 17.9. The van der Waals surface area contributed by atoms with E-state index >= 15 is 0 Å². The van der Waals surface area contributed by atoms with Crippen LogP contribution in [0, 0.1) is 11.3 Å². The highest BCUT2D eigenvalue weighted by molar-refractivity contribution is 5.83. The SMILES string of the molecule is COc1ccc(CC(=O)N/N=C/c2ccc(OCc3ccccc3C#N)cc2)cc1OC. The van der Waals surface area contributed by atoms with Crippen LogP contribution in [0.15, 0.2) is 71.8 Å². The third-order valence-electron chi connectivity index (χ3n) is 4.63. The van der Waals surface area contributed by atoms with E-state index in [2.05, 4.69) is 16.6 Å². The number of hydrazone groups is 1. The van der Waals surface area contributed by atoms with E-state index in [4.69, 9.17) is 19.5 Å². The number of ether oxygens (including phenoxy) is 3. The van der Waals surface area contributed by atoms with Crippen LogP contribution in [0.1, 0.15) is 22.3 Å². The molecule has 0 aromatic heterocycles. The fourth-order valence-corrected chi connectivity index (χ4v) is 2.96. The van der Waals surface area contributed by atoms with E-state index in [0.717, 1.165) is 16.7 Å². The van der Waals surface area contributed by atoms with Crippen LogP contribution in [-0.2, 0) is 17.8 Å². The molecule has 7 nitrogen and oxygen atoms in total. The topological polar surface area (TPSA) is 92.9 Å². The van der Waals surface area contributed by atoms with Crippen molar-refractivity contribution in [1.82, 2.24) is 5.43 Å². The quantitative estimate of drug-likeness (QED) is 0.412. The molecule has 0 unspecified atom stereocenters. The molecule has 0 bridgehead atoms. The Bertz CT molecular complexity index is 1130. The van der Waals surface area contributed by atoms with E-state index < -0.39 is 0 Å². The van der Waals surface area contributed by atoms with Crippen molar-refractivity contribution in [2.24, 2.45) is 5.10 Å². The minimum atomic E-state index is -0.246. The Hall–Kier alpha value is -4.31. The van der Waals surface area contributed by atoms with Gasteiger partial charge in [0.05, 0.1) is 38.5 Å². The van der Waals surface area contributed by atoms with Crippen LogP contribution in [0.2, 0.25) is 0 Å². The second-order valence-electron chi connectivity index (χ2n) is 6.79. The highest BCUT2D eigenvalue weighted by atomic mass is 16.5. The third kappa shape index (κ3) is 6.09. The average molecular weight is 429 g/mol. The largest absolute Gasteiger partial charge is 0.493 e. The minimum Gasteiger partial charge on any atom is -0.493 e. The Morgan fingerprint density at radius 3 is 2.50 bits per heavy atom. The molecule has 1 N–H and O–H groups in total. The van der Waals surface area contributed by atoms with Crippen molar-refractivity contribution >= 4 is 12.1 Å². The van der Waals surface area contributed by atoms with E-state index in [9.17, 15) is 4.79 Å². The van der Waals surface area contributed by atoms with E-state index in [1.165, 1.54) is 0 Å². The fourth-order valence-electron chi connectivity index (χ4n) is 2.96. The van der Waals surface area contributed by atoms with Crippen molar-refractivity contribution in [2.45, 2.75) is 13.0 Å². The first-order valence-electron chi connectivity index (χ1n) is 9.86. The Labute approximate surface area is 186 Å². The number of nitrogens with zero attached hydrogens (tertiary/aromatic N) is 2. The summed E-state index contributed by atoms with van der Waals surface area (Å²) in [5.41, 5.74) is 5.54. The number of nitrogens with one attached hydrogen (secondary N) is 1. The zero-order valence-corrected chi connectivity index (χ0v) is 17.9. The Kier molecular flexibility index (Phi) is 7.82. The summed E-state index contributed by atoms with van der Waals surface area (Å²) >= 11 is 0. The van der Waals surface area contributed by atoms with E-state index in [-0.39, 0.29) is 12.3 Å². The molecule has 3 rings (SSSR count). The molecule has 0 aliphatic heterocycles. The van der Waals surface area contributed by atoms with Crippen LogP contribution in [0.4, 0.5) is 0 Å². The lowest BCUT2D eigenvalue weighted by atomic mass is 10.1. The lowest BCUT2D eigenvalue weighted by Crippen LogP contribution is -2.19. The lowest BCUT2D eigenvalue weighted by molar-refractivity contribution is -0.120. The van der Waals surface area contributed by atoms with Crippen molar-refractivity contribution in [2.75, 3.05) is 14.2 Å². The van der Waals surface area contributed by atoms with E-state index in [0.29, 0.717) is 29.4 Å². The highest BCUT2D eigenvalue weighted by Crippen LogP contribution is 2.27. The van der Waals surface area contributed by atoms with Gasteiger partial charge in [-0.3, -0.25) is 4.79 Å². The fraction of sp³-hybridized carbons (Fsp3) is 0.160. The molecule has 0 fully saturated rings. The van der Waals surface area contributed by atoms with Gasteiger partial charge in [0, 0.05) is 5.56 Å². The number of carbonyl (C=O) groups excluding carboxylic acids is 1. The van der Waals surface area contributed by atoms with Crippen molar-refractivity contribution in [3.63, 3.8) is 0 Å². The van der Waals surface area contributed by atoms with Gasteiger partial charge in [-0.15, -0.1) is 0 Å². The van der Waals surface area contributed by atoms with Gasteiger partial charge in [-0.05, 0) is 53.6 Å². The zero-order chi connectivity index (χ0) is 22.8. The standard InChI is InChI=1S/C25H23N3O4/c1-30-23-12-9-19(13-24(23)31-2)14-25(29)28-27-16-18-7-10-22(11-8-18)32-17-21-6-4-3-5-20(21)15-26/h3-13,16H,14,17H2,1-2H3,(H,28,29)/b27-16+. The number of benzene rings is 3. The number of amides is 1. The van der Waals surface area contributed by atoms with Crippen molar-refractivity contribution < 1.29 is 19.0 Å². The van der Waals surface area contributed by atoms with Gasteiger partial charge in [-0.2, -0.15) is 10.4 Å². The third-order valence-corrected chi connectivity index (χ3v) is 4.63. The van der Waals surface area contributed by atoms with Gasteiger partial charge in [0.15, 0.2) is 11.5 Å². The summed E-state index contributed by atoms with van der Waals surface area (Å²) in [6.07, 6.45) is 1.72. The van der Waals surface area contributed by atoms with Gasteiger partial charge in [-0.25, -0.2) is 5.43 Å². The van der Waals surface area contributed by atoms with Crippen molar-refractivity contribution in [1.29, 1.82) is 5.26 Å². The van der Waals surface area contributed by atoms with Crippen molar-refractivity contribution in [3.8, 4) is 23.3 Å². The molecular weight excluding hydrogens is 406 g/mol. The van der Waals surface area contributed by atoms with Crippen LogP contribution < -0.4 is 19.6 Å². The molecule has 0 radical (unpaired) electrons. The molecule has 0 saturated heterocycles. The smallest absolute Gasteiger partial charge is 0.244 e. The predicted octanol–water partition coefficient (Wildman–Crippen LogP) is 3.85. The molecule has 0 saturated carbocycles. The van der Waals surface area contributed by atoms with E-state index in [1.54, 1.807) is 44.7 Å². The summed E-state index contributed by atoms with van der Waals surface area (Å²) in [5, 5.41) is 13.1. The molecule has 162 valence electrons. The lowest BCUT2D eigenvalue weighted by Gasteiger charge is -2.09. The number of nitriles is 1. The molecule has 3 aromatic rings. The van der Waals surface area contributed by atoms with Crippen LogP contribution in [0.25, 0.3) is 0 Å². The number of hydrogen-bond donors (Lipinski definition) is 1. The first-order chi connectivity index (χ1) is 15.6. The Morgan fingerprint density at radius 2 is 1.78 bits per heavy atom. The number of rotatable bonds is 9. The first-order valence-corrected chi connectivity index (χ1v) is 9.86. The molecule has 3 aromatic carbocycles. The normalized spacial score (nSPS) is 10.4. The number of carbonyl (C=O) groups is 1. The summed E-state index contributed by atoms with van der Waals surface area (Å²) in [4.78, 5) is 12.1. The molecule has 0 aliphatic rings. The second-order valence-corrected chi connectivity index (χ2v) is 6.79. The molecule has 7 heteroatoms. The van der Waals surface area contributed by atoms with Crippen molar-refractivity contribution in [3.05, 3.63) is 89.0 Å². The van der Waals surface area contributed by atoms with Crippen LogP contribution in [0.3, 0.4) is 0 Å². The Morgan fingerprint density at radius 1 is 1.03 bits per heavy atom.